The highest BCUT2D eigenvalue weighted by atomic mass is 16.3. The van der Waals surface area contributed by atoms with Crippen LogP contribution in [0.15, 0.2) is 18.5 Å². The first-order valence-corrected chi connectivity index (χ1v) is 9.96. The number of aliphatic hydroxyl groups is 1. The van der Waals surface area contributed by atoms with Gasteiger partial charge in [0.15, 0.2) is 0 Å². The lowest BCUT2D eigenvalue weighted by Gasteiger charge is -2.48. The van der Waals surface area contributed by atoms with Gasteiger partial charge in [0.2, 0.25) is 5.91 Å². The number of aromatic hydroxyl groups is 1. The van der Waals surface area contributed by atoms with Gasteiger partial charge in [0, 0.05) is 25.3 Å². The van der Waals surface area contributed by atoms with E-state index < -0.39 is 5.54 Å². The zero-order chi connectivity index (χ0) is 19.0. The maximum Gasteiger partial charge on any atom is 0.256 e. The summed E-state index contributed by atoms with van der Waals surface area (Å²) in [6, 6.07) is 1.58. The fourth-order valence-electron chi connectivity index (χ4n) is 5.09. The molecule has 0 bridgehead atoms. The van der Waals surface area contributed by atoms with E-state index in [1.54, 1.807) is 4.90 Å². The number of likely N-dealkylation sites (tertiary alicyclic amines) is 2. The number of pyridine rings is 1. The molecule has 2 amide bonds. The summed E-state index contributed by atoms with van der Waals surface area (Å²) in [5.41, 5.74) is -0.446. The van der Waals surface area contributed by atoms with Gasteiger partial charge in [-0.3, -0.25) is 14.6 Å². The van der Waals surface area contributed by atoms with Crippen LogP contribution in [0, 0.1) is 0 Å². The summed E-state index contributed by atoms with van der Waals surface area (Å²) < 4.78 is 0. The molecule has 3 heterocycles. The highest BCUT2D eigenvalue weighted by Gasteiger charge is 2.53. The lowest BCUT2D eigenvalue weighted by atomic mass is 9.82. The lowest BCUT2D eigenvalue weighted by Crippen LogP contribution is -2.63. The topological polar surface area (TPSA) is 94.0 Å². The summed E-state index contributed by atoms with van der Waals surface area (Å²) in [6.45, 7) is 1.29. The van der Waals surface area contributed by atoms with E-state index in [0.29, 0.717) is 24.9 Å². The third kappa shape index (κ3) is 3.18. The van der Waals surface area contributed by atoms with Gasteiger partial charge in [-0.15, -0.1) is 0 Å². The molecule has 0 aromatic carbocycles. The number of carbonyl (C=O) groups excluding carboxylic acids is 2. The normalized spacial score (nSPS) is 31.5. The Kier molecular flexibility index (Phi) is 4.80. The van der Waals surface area contributed by atoms with Crippen molar-refractivity contribution in [1.29, 1.82) is 0 Å². The molecule has 1 atom stereocenters. The summed E-state index contributed by atoms with van der Waals surface area (Å²) in [7, 11) is 0. The second-order valence-corrected chi connectivity index (χ2v) is 8.09. The molecule has 27 heavy (non-hydrogen) atoms. The molecule has 1 unspecified atom stereocenters. The lowest BCUT2D eigenvalue weighted by molar-refractivity contribution is -0.149. The first-order valence-electron chi connectivity index (χ1n) is 9.96. The Morgan fingerprint density at radius 2 is 1.81 bits per heavy atom. The van der Waals surface area contributed by atoms with Crippen LogP contribution >= 0.6 is 0 Å². The third-order valence-corrected chi connectivity index (χ3v) is 6.46. The molecule has 146 valence electrons. The number of aromatic nitrogens is 1. The Balaban J connectivity index is 1.58. The van der Waals surface area contributed by atoms with Crippen molar-refractivity contribution in [2.24, 2.45) is 0 Å². The Labute approximate surface area is 159 Å². The minimum absolute atomic E-state index is 0.0496. The fourth-order valence-corrected chi connectivity index (χ4v) is 5.09. The van der Waals surface area contributed by atoms with Crippen LogP contribution in [0.25, 0.3) is 0 Å². The van der Waals surface area contributed by atoms with Crippen molar-refractivity contribution in [2.45, 2.75) is 69.1 Å². The van der Waals surface area contributed by atoms with Gasteiger partial charge in [0.25, 0.3) is 5.91 Å². The molecule has 1 spiro atoms. The molecule has 3 fully saturated rings. The van der Waals surface area contributed by atoms with Crippen LogP contribution in [-0.2, 0) is 4.79 Å². The zero-order valence-electron chi connectivity index (χ0n) is 15.5. The number of hydrogen-bond donors (Lipinski definition) is 2. The summed E-state index contributed by atoms with van der Waals surface area (Å²) in [6.07, 6.45) is 8.68. The maximum absolute atomic E-state index is 13.5. The van der Waals surface area contributed by atoms with Gasteiger partial charge < -0.3 is 20.0 Å². The third-order valence-electron chi connectivity index (χ3n) is 6.46. The minimum atomic E-state index is -0.767. The molecule has 1 saturated carbocycles. The Bertz CT molecular complexity index is 732. The highest BCUT2D eigenvalue weighted by Crippen LogP contribution is 2.41. The van der Waals surface area contributed by atoms with E-state index in [9.17, 15) is 19.8 Å². The summed E-state index contributed by atoms with van der Waals surface area (Å²) in [5, 5.41) is 19.4. The van der Waals surface area contributed by atoms with Gasteiger partial charge in [-0.1, -0.05) is 0 Å². The minimum Gasteiger partial charge on any atom is -0.506 e. The molecule has 7 heteroatoms. The molecule has 4 rings (SSSR count). The Morgan fingerprint density at radius 1 is 1.11 bits per heavy atom. The van der Waals surface area contributed by atoms with Crippen LogP contribution in [0.3, 0.4) is 0 Å². The van der Waals surface area contributed by atoms with Crippen LogP contribution in [0.1, 0.15) is 61.7 Å². The summed E-state index contributed by atoms with van der Waals surface area (Å²) >= 11 is 0. The maximum atomic E-state index is 13.5. The number of piperidine rings is 1. The van der Waals surface area contributed by atoms with E-state index in [1.807, 2.05) is 4.90 Å². The van der Waals surface area contributed by atoms with Crippen LogP contribution in [0.5, 0.6) is 5.75 Å². The largest absolute Gasteiger partial charge is 0.506 e. The number of hydrogen-bond acceptors (Lipinski definition) is 5. The predicted octanol–water partition coefficient (Wildman–Crippen LogP) is 1.69. The number of aliphatic hydroxyl groups excluding tert-OH is 1. The average Bonchev–Trinajstić information content (AvgIpc) is 3.09. The number of nitrogens with zero attached hydrogens (tertiary/aromatic N) is 3. The van der Waals surface area contributed by atoms with E-state index in [1.165, 1.54) is 18.5 Å². The van der Waals surface area contributed by atoms with Gasteiger partial charge in [0.05, 0.1) is 17.9 Å². The number of amides is 2. The molecular formula is C20H27N3O4. The van der Waals surface area contributed by atoms with E-state index in [4.69, 9.17) is 0 Å². The van der Waals surface area contributed by atoms with Crippen LogP contribution in [0.2, 0.25) is 0 Å². The summed E-state index contributed by atoms with van der Waals surface area (Å²) in [4.78, 5) is 34.3. The van der Waals surface area contributed by atoms with Crippen molar-refractivity contribution in [1.82, 2.24) is 14.8 Å². The molecule has 7 nitrogen and oxygen atoms in total. The van der Waals surface area contributed by atoms with Gasteiger partial charge in [-0.05, 0) is 57.4 Å². The molecule has 1 aliphatic carbocycles. The van der Waals surface area contributed by atoms with Crippen LogP contribution in [0.4, 0.5) is 0 Å². The van der Waals surface area contributed by atoms with Gasteiger partial charge in [-0.2, -0.15) is 0 Å². The van der Waals surface area contributed by atoms with Gasteiger partial charge in [0.1, 0.15) is 11.3 Å². The first kappa shape index (κ1) is 18.2. The molecular weight excluding hydrogens is 346 g/mol. The Hall–Kier alpha value is -2.15. The van der Waals surface area contributed by atoms with E-state index in [2.05, 4.69) is 4.98 Å². The predicted molar refractivity (Wildman–Crippen MR) is 98.1 cm³/mol. The second-order valence-electron chi connectivity index (χ2n) is 8.09. The fraction of sp³-hybridized carbons (Fsp3) is 0.650. The van der Waals surface area contributed by atoms with Crippen molar-refractivity contribution < 1.29 is 19.8 Å². The quantitative estimate of drug-likeness (QED) is 0.823. The Morgan fingerprint density at radius 3 is 2.52 bits per heavy atom. The molecule has 2 aliphatic heterocycles. The SMILES string of the molecule is O=C(c1cncc(O)c1)N1CCCC12CCCN(C1CCC(O)CC1)C2=O. The summed E-state index contributed by atoms with van der Waals surface area (Å²) in [5.74, 6) is -0.217. The van der Waals surface area contributed by atoms with E-state index in [-0.39, 0.29) is 29.7 Å². The molecule has 0 radical (unpaired) electrons. The molecule has 1 aromatic heterocycles. The standard InChI is InChI=1S/C20H27N3O4/c24-16-5-3-15(4-6-16)22-9-1-7-20(19(22)27)8-2-10-23(20)18(26)14-11-17(25)13-21-12-14/h11-13,15-16,24-25H,1-10H2. The van der Waals surface area contributed by atoms with Crippen molar-refractivity contribution in [3.63, 3.8) is 0 Å². The monoisotopic (exact) mass is 373 g/mol. The van der Waals surface area contributed by atoms with Crippen molar-refractivity contribution in [3.05, 3.63) is 24.0 Å². The van der Waals surface area contributed by atoms with Crippen molar-refractivity contribution in [2.75, 3.05) is 13.1 Å². The number of rotatable bonds is 2. The first-order chi connectivity index (χ1) is 13.0. The average molecular weight is 373 g/mol. The molecule has 1 aromatic rings. The van der Waals surface area contributed by atoms with Crippen LogP contribution in [-0.4, -0.2) is 67.6 Å². The molecule has 2 saturated heterocycles. The smallest absolute Gasteiger partial charge is 0.256 e. The highest BCUT2D eigenvalue weighted by molar-refractivity contribution is 6.00. The zero-order valence-corrected chi connectivity index (χ0v) is 15.5. The van der Waals surface area contributed by atoms with Crippen LogP contribution < -0.4 is 0 Å². The van der Waals surface area contributed by atoms with Gasteiger partial charge in [-0.25, -0.2) is 0 Å². The van der Waals surface area contributed by atoms with E-state index in [0.717, 1.165) is 45.1 Å². The molecule has 3 aliphatic rings. The van der Waals surface area contributed by atoms with Gasteiger partial charge >= 0.3 is 0 Å². The van der Waals surface area contributed by atoms with Crippen molar-refractivity contribution >= 4 is 11.8 Å². The van der Waals surface area contributed by atoms with Crippen molar-refractivity contribution in [3.8, 4) is 5.75 Å². The van der Waals surface area contributed by atoms with E-state index >= 15 is 0 Å². The number of carbonyl (C=O) groups is 2. The molecule has 2 N–H and O–H groups in total. The second kappa shape index (κ2) is 7.11.